The number of nitrogens with zero attached hydrogens (tertiary/aromatic N) is 2. The van der Waals surface area contributed by atoms with Crippen molar-refractivity contribution in [3.8, 4) is 0 Å². The highest BCUT2D eigenvalue weighted by molar-refractivity contribution is 5.94. The number of benzene rings is 1. The van der Waals surface area contributed by atoms with Crippen molar-refractivity contribution in [2.45, 2.75) is 95.4 Å². The number of amides is 4. The maximum atomic E-state index is 13.6. The minimum Gasteiger partial charge on any atom is -0.475 e. The van der Waals surface area contributed by atoms with Gasteiger partial charge in [-0.15, -0.1) is 0 Å². The van der Waals surface area contributed by atoms with Gasteiger partial charge in [0.25, 0.3) is 0 Å². The third kappa shape index (κ3) is 31.8. The Labute approximate surface area is 377 Å². The number of guanidine groups is 2. The van der Waals surface area contributed by atoms with Crippen LogP contribution in [-0.4, -0.2) is 138 Å². The van der Waals surface area contributed by atoms with Crippen molar-refractivity contribution >= 4 is 53.5 Å². The lowest BCUT2D eigenvalue weighted by Gasteiger charge is -2.28. The molecule has 1 heterocycles. The summed E-state index contributed by atoms with van der Waals surface area (Å²) in [6.07, 6.45) is -11.9. The normalized spacial score (nSPS) is 13.9. The Kier molecular flexibility index (Phi) is 29.2. The highest BCUT2D eigenvalue weighted by Gasteiger charge is 2.39. The Morgan fingerprint density at radius 1 is 0.657 bits per heavy atom. The summed E-state index contributed by atoms with van der Waals surface area (Å²) >= 11 is 0. The molecule has 67 heavy (non-hydrogen) atoms. The van der Waals surface area contributed by atoms with E-state index in [9.17, 15) is 58.7 Å². The monoisotopic (exact) mass is 985 g/mol. The van der Waals surface area contributed by atoms with Crippen molar-refractivity contribution in [1.82, 2.24) is 26.6 Å². The lowest BCUT2D eigenvalue weighted by Crippen LogP contribution is -2.58. The molecule has 4 amide bonds. The van der Waals surface area contributed by atoms with Crippen LogP contribution >= 0.6 is 0 Å². The number of carbonyl (C=O) groups excluding carboxylic acids is 4. The number of nitrogens with one attached hydrogen (secondary N) is 5. The average molecular weight is 986 g/mol. The van der Waals surface area contributed by atoms with Crippen LogP contribution in [0.4, 0.5) is 39.5 Å². The maximum Gasteiger partial charge on any atom is 0.490 e. The zero-order valence-electron chi connectivity index (χ0n) is 36.1. The van der Waals surface area contributed by atoms with Crippen LogP contribution in [0, 0.1) is 11.8 Å². The van der Waals surface area contributed by atoms with Crippen LogP contribution < -0.4 is 49.5 Å². The number of nitrogens with two attached hydrogens (primary N) is 4. The molecule has 382 valence electrons. The van der Waals surface area contributed by atoms with Gasteiger partial charge in [-0.3, -0.25) is 29.2 Å². The Morgan fingerprint density at radius 3 is 1.43 bits per heavy atom. The summed E-state index contributed by atoms with van der Waals surface area (Å²) in [5, 5.41) is 36.1. The number of hydrogen-bond donors (Lipinski definition) is 12. The van der Waals surface area contributed by atoms with Gasteiger partial charge in [-0.05, 0) is 69.0 Å². The van der Waals surface area contributed by atoms with Crippen molar-refractivity contribution in [2.24, 2.45) is 44.8 Å². The summed E-state index contributed by atoms with van der Waals surface area (Å²) in [4.78, 5) is 87.9. The third-order valence-electron chi connectivity index (χ3n) is 8.38. The highest BCUT2D eigenvalue weighted by atomic mass is 19.4. The molecule has 16 N–H and O–H groups in total. The molecule has 1 aliphatic heterocycles. The number of hydrogen-bond acceptors (Lipinski definition) is 10. The number of aliphatic carboxylic acids is 3. The molecule has 0 aliphatic carbocycles. The van der Waals surface area contributed by atoms with Crippen LogP contribution in [0.15, 0.2) is 40.3 Å². The van der Waals surface area contributed by atoms with Crippen LogP contribution in [0.5, 0.6) is 0 Å². The molecule has 1 aliphatic rings. The Hall–Kier alpha value is -6.62. The number of halogens is 9. The fourth-order valence-corrected chi connectivity index (χ4v) is 5.08. The molecule has 0 saturated carbocycles. The first-order valence-corrected chi connectivity index (χ1v) is 19.7. The number of piperidine rings is 1. The number of aliphatic imine (C=N–C) groups is 2. The molecule has 3 atom stereocenters. The number of carbonyl (C=O) groups is 7. The summed E-state index contributed by atoms with van der Waals surface area (Å²) in [6.45, 7) is 6.45. The molecule has 30 heteroatoms. The number of alkyl halides is 9. The molecular formula is C37H56F9N11O10. The topological polar surface area (TPSA) is 369 Å². The number of carboxylic acids is 3. The second-order valence-electron chi connectivity index (χ2n) is 14.3. The summed E-state index contributed by atoms with van der Waals surface area (Å²) in [5.41, 5.74) is 22.5. The summed E-state index contributed by atoms with van der Waals surface area (Å²) in [7, 11) is 0. The Balaban J connectivity index is 0. The smallest absolute Gasteiger partial charge is 0.475 e. The van der Waals surface area contributed by atoms with Gasteiger partial charge >= 0.3 is 36.4 Å². The minimum atomic E-state index is -5.08. The SMILES string of the molecule is CC(C)[C@H](NC(=O)[C@H](CCCN=C(N)N)NC(=O)Cc1ccccc1)C(=O)N[C@@H](CCCN=C(N)N)C(=O)NCC1CCNCC1.O=C(O)C(F)(F)F.O=C(O)C(F)(F)F.O=C(O)C(F)(F)F. The molecule has 1 fully saturated rings. The van der Waals surface area contributed by atoms with E-state index < -0.39 is 66.4 Å². The minimum absolute atomic E-state index is 0.0535. The second kappa shape index (κ2) is 31.3. The van der Waals surface area contributed by atoms with Gasteiger partial charge in [0, 0.05) is 19.6 Å². The highest BCUT2D eigenvalue weighted by Crippen LogP contribution is 2.15. The van der Waals surface area contributed by atoms with E-state index in [0.29, 0.717) is 38.3 Å². The first-order valence-electron chi connectivity index (χ1n) is 19.7. The fourth-order valence-electron chi connectivity index (χ4n) is 5.08. The first kappa shape index (κ1) is 62.5. The molecule has 0 bridgehead atoms. The van der Waals surface area contributed by atoms with Crippen molar-refractivity contribution in [3.05, 3.63) is 35.9 Å². The van der Waals surface area contributed by atoms with Gasteiger partial charge in [0.2, 0.25) is 23.6 Å². The largest absolute Gasteiger partial charge is 0.490 e. The molecule has 2 rings (SSSR count). The zero-order valence-corrected chi connectivity index (χ0v) is 36.1. The molecule has 0 unspecified atom stereocenters. The van der Waals surface area contributed by atoms with Gasteiger partial charge in [-0.1, -0.05) is 44.2 Å². The summed E-state index contributed by atoms with van der Waals surface area (Å²) in [5.74, 6) is -10.1. The van der Waals surface area contributed by atoms with Gasteiger partial charge in [0.05, 0.1) is 6.42 Å². The van der Waals surface area contributed by atoms with Gasteiger partial charge in [-0.25, -0.2) is 14.4 Å². The average Bonchev–Trinajstić information content (AvgIpc) is 3.21. The lowest BCUT2D eigenvalue weighted by molar-refractivity contribution is -0.193. The van der Waals surface area contributed by atoms with E-state index in [-0.39, 0.29) is 49.0 Å². The predicted octanol–water partition coefficient (Wildman–Crippen LogP) is 0.462. The third-order valence-corrected chi connectivity index (χ3v) is 8.38. The van der Waals surface area contributed by atoms with E-state index in [1.54, 1.807) is 13.8 Å². The van der Waals surface area contributed by atoms with Crippen LogP contribution in [-0.2, 0) is 40.0 Å². The van der Waals surface area contributed by atoms with Crippen molar-refractivity contribution in [3.63, 3.8) is 0 Å². The quantitative estimate of drug-likeness (QED) is 0.0388. The summed E-state index contributed by atoms with van der Waals surface area (Å²) in [6, 6.07) is 6.38. The van der Waals surface area contributed by atoms with Crippen molar-refractivity contribution < 1.29 is 88.4 Å². The van der Waals surface area contributed by atoms with Crippen molar-refractivity contribution in [2.75, 3.05) is 32.7 Å². The Morgan fingerprint density at radius 2 is 1.06 bits per heavy atom. The number of carboxylic acid groups (broad SMARTS) is 3. The van der Waals surface area contributed by atoms with E-state index in [1.807, 2.05) is 30.3 Å². The van der Waals surface area contributed by atoms with E-state index >= 15 is 0 Å². The van der Waals surface area contributed by atoms with Crippen LogP contribution in [0.25, 0.3) is 0 Å². The zero-order chi connectivity index (χ0) is 52.1. The molecule has 0 radical (unpaired) electrons. The van der Waals surface area contributed by atoms with E-state index in [0.717, 1.165) is 31.5 Å². The van der Waals surface area contributed by atoms with E-state index in [1.165, 1.54) is 0 Å². The molecule has 0 aromatic heterocycles. The van der Waals surface area contributed by atoms with Crippen LogP contribution in [0.2, 0.25) is 0 Å². The first-order chi connectivity index (χ1) is 30.8. The molecular weight excluding hydrogens is 929 g/mol. The lowest BCUT2D eigenvalue weighted by atomic mass is 9.98. The molecule has 21 nitrogen and oxygen atoms in total. The molecule has 0 spiro atoms. The molecule has 1 aromatic rings. The van der Waals surface area contributed by atoms with Crippen LogP contribution in [0.1, 0.15) is 57.9 Å². The van der Waals surface area contributed by atoms with Crippen molar-refractivity contribution in [1.29, 1.82) is 0 Å². The maximum absolute atomic E-state index is 13.6. The fraction of sp³-hybridized carbons (Fsp3) is 0.595. The van der Waals surface area contributed by atoms with Crippen LogP contribution in [0.3, 0.4) is 0 Å². The van der Waals surface area contributed by atoms with Gasteiger partial charge < -0.3 is 64.8 Å². The van der Waals surface area contributed by atoms with Gasteiger partial charge in [0.15, 0.2) is 11.9 Å². The Bertz CT molecular complexity index is 1710. The number of rotatable bonds is 19. The summed E-state index contributed by atoms with van der Waals surface area (Å²) < 4.78 is 95.2. The van der Waals surface area contributed by atoms with Gasteiger partial charge in [0.1, 0.15) is 18.1 Å². The van der Waals surface area contributed by atoms with E-state index in [4.69, 9.17) is 52.6 Å². The molecule has 1 saturated heterocycles. The van der Waals surface area contributed by atoms with Gasteiger partial charge in [-0.2, -0.15) is 39.5 Å². The predicted molar refractivity (Wildman–Crippen MR) is 220 cm³/mol. The standard InChI is InChI=1S/C31H53N11O4.3C2HF3O2/c1-20(2)26(29(46)41-23(10-6-14-37-30(32)33)27(44)39-19-22-12-16-36-17-13-22)42-28(45)24(11-7-15-38-31(34)35)40-25(43)18-21-8-4-3-5-9-21;3*3-2(4,5)1(6)7/h3-5,8-9,20,22-24,26,36H,6-7,10-19H2,1-2H3,(H,39,44)(H,40,43)(H,41,46)(H,42,45)(H4,32,33,37)(H4,34,35,38);3*(H,6,7)/t23-,24-,26-;;;/m0.../s1. The molecule has 1 aromatic carbocycles. The second-order valence-corrected chi connectivity index (χ2v) is 14.3. The van der Waals surface area contributed by atoms with E-state index in [2.05, 4.69) is 36.6 Å².